The summed E-state index contributed by atoms with van der Waals surface area (Å²) in [5.41, 5.74) is 12.3. The van der Waals surface area contributed by atoms with E-state index in [0.717, 1.165) is 0 Å². The first-order valence-corrected chi connectivity index (χ1v) is 19.5. The van der Waals surface area contributed by atoms with Gasteiger partial charge in [0.1, 0.15) is 0 Å². The van der Waals surface area contributed by atoms with E-state index in [-0.39, 0.29) is 46.5 Å². The predicted molar refractivity (Wildman–Crippen MR) is 214 cm³/mol. The Balaban J connectivity index is 0.000000289. The first-order valence-electron chi connectivity index (χ1n) is 18.1. The summed E-state index contributed by atoms with van der Waals surface area (Å²) in [7, 11) is 0. The molecule has 1 unspecified atom stereocenters. The van der Waals surface area contributed by atoms with Crippen LogP contribution in [0.1, 0.15) is 125 Å². The van der Waals surface area contributed by atoms with E-state index in [9.17, 15) is 0 Å². The van der Waals surface area contributed by atoms with Crippen molar-refractivity contribution in [2.75, 3.05) is 0 Å². The second-order valence-electron chi connectivity index (χ2n) is 18.7. The molecule has 0 radical (unpaired) electrons. The molecule has 3 heteroatoms. The van der Waals surface area contributed by atoms with Crippen LogP contribution in [0, 0.1) is 28.2 Å². The van der Waals surface area contributed by atoms with E-state index in [0.29, 0.717) is 11.3 Å². The molecular formula is C48H58Cl2Zr-2. The molecule has 4 aromatic rings. The van der Waals surface area contributed by atoms with Gasteiger partial charge in [-0.25, -0.2) is 6.08 Å². The molecule has 0 amide bonds. The van der Waals surface area contributed by atoms with Crippen LogP contribution in [0.4, 0.5) is 0 Å². The molecule has 1 atom stereocenters. The Morgan fingerprint density at radius 1 is 0.667 bits per heavy atom. The summed E-state index contributed by atoms with van der Waals surface area (Å²) in [4.78, 5) is 0. The number of benzene rings is 3. The molecule has 4 aromatic carbocycles. The SMILES string of the molecule is CC(C)(C)C1=CC(C)(C)c2cc3[cH-]c4cc5c(cc4c3cc21)C(C(C)(C)C)=CC5(C)C.CC1[C-]=CC(C(C)(C)C)=C1.[Cl-].[Cl-].[Zr+2]=[CH]c1ccccc1. The van der Waals surface area contributed by atoms with Gasteiger partial charge in [0, 0.05) is 10.8 Å². The van der Waals surface area contributed by atoms with E-state index in [4.69, 9.17) is 0 Å². The first-order chi connectivity index (χ1) is 22.5. The van der Waals surface area contributed by atoms with Gasteiger partial charge in [-0.1, -0.05) is 144 Å². The Labute approximate surface area is 337 Å². The Kier molecular flexibility index (Phi) is 13.0. The third-order valence-electron chi connectivity index (χ3n) is 10.3. The second kappa shape index (κ2) is 15.3. The van der Waals surface area contributed by atoms with E-state index in [1.807, 2.05) is 6.07 Å². The number of hydrogen-bond acceptors (Lipinski definition) is 0. The minimum absolute atomic E-state index is 0. The third kappa shape index (κ3) is 9.14. The van der Waals surface area contributed by atoms with E-state index in [2.05, 4.69) is 186 Å². The first kappa shape index (κ1) is 43.2. The van der Waals surface area contributed by atoms with Gasteiger partial charge >= 0.3 is 63.8 Å². The maximum atomic E-state index is 3.26. The topological polar surface area (TPSA) is 0 Å². The third-order valence-corrected chi connectivity index (χ3v) is 11.2. The summed E-state index contributed by atoms with van der Waals surface area (Å²) in [6, 6.07) is 22.7. The van der Waals surface area contributed by atoms with Crippen molar-refractivity contribution in [2.45, 2.75) is 108 Å². The summed E-state index contributed by atoms with van der Waals surface area (Å²) in [5.74, 6) is 0.522. The van der Waals surface area contributed by atoms with Crippen molar-refractivity contribution in [1.29, 1.82) is 0 Å². The molecule has 0 nitrogen and oxygen atoms in total. The Morgan fingerprint density at radius 2 is 1.10 bits per heavy atom. The molecular weight excluding hydrogens is 739 g/mol. The van der Waals surface area contributed by atoms with Gasteiger partial charge in [-0.15, -0.1) is 39.7 Å². The van der Waals surface area contributed by atoms with E-state index >= 15 is 0 Å². The van der Waals surface area contributed by atoms with Crippen LogP contribution in [0.3, 0.4) is 0 Å². The van der Waals surface area contributed by atoms with Crippen LogP contribution >= 0.6 is 0 Å². The van der Waals surface area contributed by atoms with Crippen molar-refractivity contribution in [3.8, 4) is 0 Å². The molecule has 7 rings (SSSR count). The van der Waals surface area contributed by atoms with Gasteiger partial charge in [0.05, 0.1) is 0 Å². The monoisotopic (exact) mass is 794 g/mol. The van der Waals surface area contributed by atoms with E-state index < -0.39 is 0 Å². The molecule has 0 fully saturated rings. The fraction of sp³-hybridized carbons (Fsp3) is 0.417. The maximum absolute atomic E-state index is 3.26. The van der Waals surface area contributed by atoms with Gasteiger partial charge in [-0.05, 0) is 33.1 Å². The summed E-state index contributed by atoms with van der Waals surface area (Å²) in [6.45, 7) is 32.3. The number of hydrogen-bond donors (Lipinski definition) is 0. The molecule has 3 aliphatic rings. The van der Waals surface area contributed by atoms with Crippen LogP contribution in [0.15, 0.2) is 90.5 Å². The summed E-state index contributed by atoms with van der Waals surface area (Å²) in [5, 5.41) is 5.58. The van der Waals surface area contributed by atoms with Crippen LogP contribution < -0.4 is 24.8 Å². The van der Waals surface area contributed by atoms with Gasteiger partial charge in [0.15, 0.2) is 0 Å². The van der Waals surface area contributed by atoms with Crippen molar-refractivity contribution in [1.82, 2.24) is 0 Å². The fourth-order valence-electron chi connectivity index (χ4n) is 7.49. The van der Waals surface area contributed by atoms with Gasteiger partial charge in [-0.3, -0.25) is 6.08 Å². The van der Waals surface area contributed by atoms with Crippen molar-refractivity contribution in [3.63, 3.8) is 0 Å². The summed E-state index contributed by atoms with van der Waals surface area (Å²) >= 11 is 1.46. The van der Waals surface area contributed by atoms with Crippen molar-refractivity contribution in [2.24, 2.45) is 22.2 Å². The van der Waals surface area contributed by atoms with E-state index in [1.54, 1.807) is 0 Å². The fourth-order valence-corrected chi connectivity index (χ4v) is 7.97. The zero-order valence-corrected chi connectivity index (χ0v) is 37.5. The molecule has 0 N–H and O–H groups in total. The van der Waals surface area contributed by atoms with Crippen molar-refractivity contribution in [3.05, 3.63) is 124 Å². The Morgan fingerprint density at radius 3 is 1.39 bits per heavy atom. The normalized spacial score (nSPS) is 18.2. The molecule has 0 saturated carbocycles. The van der Waals surface area contributed by atoms with E-state index in [1.165, 1.54) is 90.3 Å². The van der Waals surface area contributed by atoms with Gasteiger partial charge in [0.25, 0.3) is 0 Å². The zero-order chi connectivity index (χ0) is 36.3. The quantitative estimate of drug-likeness (QED) is 0.175. The van der Waals surface area contributed by atoms with Crippen LogP contribution in [0.5, 0.6) is 0 Å². The molecule has 0 heterocycles. The molecule has 0 spiro atoms. The van der Waals surface area contributed by atoms with Gasteiger partial charge < -0.3 is 24.8 Å². The number of rotatable bonds is 1. The molecule has 0 bridgehead atoms. The van der Waals surface area contributed by atoms with Crippen molar-refractivity contribution < 1.29 is 49.0 Å². The second-order valence-corrected chi connectivity index (χ2v) is 19.4. The molecule has 0 aliphatic heterocycles. The van der Waals surface area contributed by atoms with Gasteiger partial charge in [0.2, 0.25) is 0 Å². The Bertz CT molecular complexity index is 1920. The summed E-state index contributed by atoms with van der Waals surface area (Å²) in [6.07, 6.45) is 12.7. The predicted octanol–water partition coefficient (Wildman–Crippen LogP) is 7.51. The standard InChI is InChI=1S/C31H37.C10H15.C7H6.2ClH.Zr/c1-28(2,3)26-16-30(7,8)24-12-18-11-19-13-25-23(15-21(19)20(18)14-22(24)26)27(29(4,5)6)17-31(25,9)10;1-8-5-6-9(7-8)10(2,3)4;1-7-5-3-2-4-6-7;;;/h11-17H,1-10H3;6-8H,1-4H3;1-6H;2*1H;/q2*-1;;;;+2/p-2. The molecule has 3 aliphatic carbocycles. The summed E-state index contributed by atoms with van der Waals surface area (Å²) < 4.78 is 2.17. The van der Waals surface area contributed by atoms with Crippen LogP contribution in [0.25, 0.3) is 32.7 Å². The van der Waals surface area contributed by atoms with Crippen LogP contribution in [-0.2, 0) is 35.1 Å². The van der Waals surface area contributed by atoms with Crippen molar-refractivity contribution >= 4 is 36.4 Å². The number of fused-ring (bicyclic) bond motifs is 5. The minimum atomic E-state index is 0. The van der Waals surface area contributed by atoms with Gasteiger partial charge in [-0.2, -0.15) is 11.6 Å². The average molecular weight is 797 g/mol. The zero-order valence-electron chi connectivity index (χ0n) is 33.5. The Hall–Kier alpha value is -2.18. The molecule has 0 aromatic heterocycles. The molecule has 270 valence electrons. The average Bonchev–Trinajstić information content (AvgIpc) is 3.73. The number of halogens is 2. The molecule has 0 saturated heterocycles. The number of allylic oxidation sites excluding steroid dienone is 8. The van der Waals surface area contributed by atoms with Crippen LogP contribution in [0.2, 0.25) is 0 Å². The molecule has 51 heavy (non-hydrogen) atoms. The van der Waals surface area contributed by atoms with Crippen LogP contribution in [-0.4, -0.2) is 3.71 Å².